The zero-order valence-corrected chi connectivity index (χ0v) is 12.1. The third-order valence-corrected chi connectivity index (χ3v) is 4.20. The van der Waals surface area contributed by atoms with Crippen LogP contribution in [0.3, 0.4) is 0 Å². The highest BCUT2D eigenvalue weighted by Crippen LogP contribution is 2.46. The lowest BCUT2D eigenvalue weighted by Crippen LogP contribution is -2.23. The summed E-state index contributed by atoms with van der Waals surface area (Å²) in [5.74, 6) is 2.50. The summed E-state index contributed by atoms with van der Waals surface area (Å²) in [5, 5.41) is 3.58. The normalized spacial score (nSPS) is 19.7. The first kappa shape index (κ1) is 12.3. The average Bonchev–Trinajstić information content (AvgIpc) is 3.20. The Morgan fingerprint density at radius 2 is 1.94 bits per heavy atom. The van der Waals surface area contributed by atoms with E-state index in [2.05, 4.69) is 34.2 Å². The molecule has 4 heteroatoms. The van der Waals surface area contributed by atoms with Crippen LogP contribution in [-0.4, -0.2) is 19.8 Å². The Bertz CT molecular complexity index is 446. The minimum absolute atomic E-state index is 0.431. The van der Waals surface area contributed by atoms with Gasteiger partial charge in [-0.3, -0.25) is 0 Å². The Hall–Kier alpha value is -0.740. The summed E-state index contributed by atoms with van der Waals surface area (Å²) in [4.78, 5) is 0. The van der Waals surface area contributed by atoms with Crippen LogP contribution < -0.4 is 14.8 Å². The van der Waals surface area contributed by atoms with E-state index < -0.39 is 0 Å². The van der Waals surface area contributed by atoms with Gasteiger partial charge in [-0.25, -0.2) is 0 Å². The van der Waals surface area contributed by atoms with Crippen LogP contribution >= 0.6 is 15.9 Å². The zero-order chi connectivity index (χ0) is 12.5. The molecule has 1 fully saturated rings. The minimum atomic E-state index is 0.431. The number of rotatable bonds is 4. The first-order valence-corrected chi connectivity index (χ1v) is 7.41. The van der Waals surface area contributed by atoms with Crippen molar-refractivity contribution in [1.29, 1.82) is 0 Å². The molecule has 0 radical (unpaired) electrons. The Kier molecular flexibility index (Phi) is 3.48. The summed E-state index contributed by atoms with van der Waals surface area (Å²) in [5.41, 5.74) is 1.30. The van der Waals surface area contributed by atoms with E-state index in [0.29, 0.717) is 19.3 Å². The molecule has 2 aliphatic rings. The van der Waals surface area contributed by atoms with Crippen molar-refractivity contribution in [3.05, 3.63) is 22.2 Å². The van der Waals surface area contributed by atoms with Crippen molar-refractivity contribution in [2.45, 2.75) is 25.8 Å². The Balaban J connectivity index is 1.94. The summed E-state index contributed by atoms with van der Waals surface area (Å²) in [6.07, 6.45) is 2.64. The first-order chi connectivity index (χ1) is 8.79. The van der Waals surface area contributed by atoms with E-state index in [9.17, 15) is 0 Å². The van der Waals surface area contributed by atoms with E-state index in [1.807, 2.05) is 6.07 Å². The summed E-state index contributed by atoms with van der Waals surface area (Å²) in [6, 6.07) is 4.60. The SMILES string of the molecule is CCNC(c1cc2c(cc1Br)OCCO2)C1CC1. The summed E-state index contributed by atoms with van der Waals surface area (Å²) >= 11 is 3.67. The third-order valence-electron chi connectivity index (χ3n) is 3.51. The van der Waals surface area contributed by atoms with Gasteiger partial charge in [0.2, 0.25) is 0 Å². The molecule has 1 atom stereocenters. The first-order valence-electron chi connectivity index (χ1n) is 6.62. The molecule has 1 aliphatic carbocycles. The predicted octanol–water partition coefficient (Wildman–Crippen LogP) is 3.28. The van der Waals surface area contributed by atoms with Crippen LogP contribution in [0, 0.1) is 5.92 Å². The molecule has 1 saturated carbocycles. The number of nitrogens with one attached hydrogen (secondary N) is 1. The maximum absolute atomic E-state index is 5.67. The molecule has 18 heavy (non-hydrogen) atoms. The van der Waals surface area contributed by atoms with Crippen molar-refractivity contribution in [1.82, 2.24) is 5.32 Å². The van der Waals surface area contributed by atoms with Crippen LogP contribution in [0.1, 0.15) is 31.4 Å². The Morgan fingerprint density at radius 3 is 2.56 bits per heavy atom. The molecule has 98 valence electrons. The Labute approximate surface area is 116 Å². The topological polar surface area (TPSA) is 30.5 Å². The average molecular weight is 312 g/mol. The van der Waals surface area contributed by atoms with Crippen molar-refractivity contribution in [2.24, 2.45) is 5.92 Å². The third kappa shape index (κ3) is 2.36. The highest BCUT2D eigenvalue weighted by Gasteiger charge is 2.33. The van der Waals surface area contributed by atoms with E-state index in [4.69, 9.17) is 9.47 Å². The van der Waals surface area contributed by atoms with Crippen LogP contribution in [0.5, 0.6) is 11.5 Å². The second-order valence-electron chi connectivity index (χ2n) is 4.89. The molecule has 0 bridgehead atoms. The maximum Gasteiger partial charge on any atom is 0.162 e. The smallest absolute Gasteiger partial charge is 0.162 e. The van der Waals surface area contributed by atoms with Gasteiger partial charge in [0.25, 0.3) is 0 Å². The van der Waals surface area contributed by atoms with E-state index in [-0.39, 0.29) is 0 Å². The van der Waals surface area contributed by atoms with Crippen LogP contribution in [0.4, 0.5) is 0 Å². The van der Waals surface area contributed by atoms with Gasteiger partial charge in [-0.1, -0.05) is 22.9 Å². The standard InChI is InChI=1S/C14H18BrNO2/c1-2-16-14(9-3-4-9)10-7-12-13(8-11(10)15)18-6-5-17-12/h7-9,14,16H,2-6H2,1H3. The lowest BCUT2D eigenvalue weighted by atomic mass is 10.0. The maximum atomic E-state index is 5.67. The van der Waals surface area contributed by atoms with Gasteiger partial charge in [-0.2, -0.15) is 0 Å². The molecule has 0 aromatic heterocycles. The van der Waals surface area contributed by atoms with Crippen molar-refractivity contribution in [2.75, 3.05) is 19.8 Å². The second-order valence-corrected chi connectivity index (χ2v) is 5.74. The number of benzene rings is 1. The van der Waals surface area contributed by atoms with Gasteiger partial charge in [0.15, 0.2) is 11.5 Å². The molecule has 1 aromatic carbocycles. The summed E-state index contributed by atoms with van der Waals surface area (Å²) in [7, 11) is 0. The van der Waals surface area contributed by atoms with Gasteiger partial charge in [-0.05, 0) is 43.0 Å². The molecule has 1 aromatic rings. The molecule has 3 rings (SSSR count). The molecule has 0 amide bonds. The van der Waals surface area contributed by atoms with E-state index >= 15 is 0 Å². The highest BCUT2D eigenvalue weighted by molar-refractivity contribution is 9.10. The van der Waals surface area contributed by atoms with Gasteiger partial charge >= 0.3 is 0 Å². The van der Waals surface area contributed by atoms with Crippen molar-refractivity contribution >= 4 is 15.9 Å². The largest absolute Gasteiger partial charge is 0.486 e. The number of fused-ring (bicyclic) bond motifs is 1. The van der Waals surface area contributed by atoms with Crippen LogP contribution in [0.2, 0.25) is 0 Å². The molecule has 3 nitrogen and oxygen atoms in total. The summed E-state index contributed by atoms with van der Waals surface area (Å²) in [6.45, 7) is 4.42. The van der Waals surface area contributed by atoms with Gasteiger partial charge in [0.1, 0.15) is 13.2 Å². The fraction of sp³-hybridized carbons (Fsp3) is 0.571. The van der Waals surface area contributed by atoms with Gasteiger partial charge in [0, 0.05) is 10.5 Å². The van der Waals surface area contributed by atoms with Gasteiger partial charge in [0.05, 0.1) is 0 Å². The van der Waals surface area contributed by atoms with Crippen molar-refractivity contribution < 1.29 is 9.47 Å². The number of ether oxygens (including phenoxy) is 2. The van der Waals surface area contributed by atoms with E-state index in [1.165, 1.54) is 18.4 Å². The molecular weight excluding hydrogens is 294 g/mol. The molecule has 1 unspecified atom stereocenters. The highest BCUT2D eigenvalue weighted by atomic mass is 79.9. The predicted molar refractivity (Wildman–Crippen MR) is 74.3 cm³/mol. The fourth-order valence-electron chi connectivity index (χ4n) is 2.50. The number of hydrogen-bond acceptors (Lipinski definition) is 3. The molecule has 0 saturated heterocycles. The molecular formula is C14H18BrNO2. The number of halogens is 1. The Morgan fingerprint density at radius 1 is 1.28 bits per heavy atom. The van der Waals surface area contributed by atoms with E-state index in [0.717, 1.165) is 28.4 Å². The van der Waals surface area contributed by atoms with Crippen LogP contribution in [0.25, 0.3) is 0 Å². The summed E-state index contributed by atoms with van der Waals surface area (Å²) < 4.78 is 12.4. The molecule has 1 aliphatic heterocycles. The van der Waals surface area contributed by atoms with Crippen LogP contribution in [0.15, 0.2) is 16.6 Å². The fourth-order valence-corrected chi connectivity index (χ4v) is 3.07. The zero-order valence-electron chi connectivity index (χ0n) is 10.5. The lowest BCUT2D eigenvalue weighted by molar-refractivity contribution is 0.171. The van der Waals surface area contributed by atoms with Crippen molar-refractivity contribution in [3.63, 3.8) is 0 Å². The molecule has 1 N–H and O–H groups in total. The molecule has 0 spiro atoms. The van der Waals surface area contributed by atoms with Crippen LogP contribution in [-0.2, 0) is 0 Å². The van der Waals surface area contributed by atoms with Crippen molar-refractivity contribution in [3.8, 4) is 11.5 Å². The second kappa shape index (κ2) is 5.10. The minimum Gasteiger partial charge on any atom is -0.486 e. The van der Waals surface area contributed by atoms with Gasteiger partial charge in [-0.15, -0.1) is 0 Å². The monoisotopic (exact) mass is 311 g/mol. The van der Waals surface area contributed by atoms with Gasteiger partial charge < -0.3 is 14.8 Å². The molecule has 1 heterocycles. The lowest BCUT2D eigenvalue weighted by Gasteiger charge is -2.24. The quantitative estimate of drug-likeness (QED) is 0.925. The number of hydrogen-bond donors (Lipinski definition) is 1. The van der Waals surface area contributed by atoms with E-state index in [1.54, 1.807) is 0 Å².